The number of amides is 1. The zero-order chi connectivity index (χ0) is 16.9. The van der Waals surface area contributed by atoms with Crippen molar-refractivity contribution in [2.45, 2.75) is 70.9 Å². The largest absolute Gasteiger partial charge is 0.444 e. The molecule has 1 aromatic carbocycles. The summed E-state index contributed by atoms with van der Waals surface area (Å²) in [4.78, 5) is 14.6. The fraction of sp³-hybridized carbons (Fsp3) is 0.632. The SMILES string of the molecule is CC(C)(C)OC(=O)N(CCc1cccc(Br)c1)C1CCCCC1. The normalized spacial score (nSPS) is 16.2. The molecule has 1 aliphatic rings. The summed E-state index contributed by atoms with van der Waals surface area (Å²) in [5.41, 5.74) is 0.795. The lowest BCUT2D eigenvalue weighted by molar-refractivity contribution is 0.0124. The lowest BCUT2D eigenvalue weighted by atomic mass is 9.94. The van der Waals surface area contributed by atoms with Gasteiger partial charge in [-0.1, -0.05) is 47.3 Å². The Hall–Kier alpha value is -1.03. The van der Waals surface area contributed by atoms with Crippen molar-refractivity contribution in [3.8, 4) is 0 Å². The van der Waals surface area contributed by atoms with E-state index in [9.17, 15) is 4.79 Å². The van der Waals surface area contributed by atoms with Crippen molar-refractivity contribution in [3.05, 3.63) is 34.3 Å². The molecule has 0 aliphatic heterocycles. The van der Waals surface area contributed by atoms with Crippen molar-refractivity contribution < 1.29 is 9.53 Å². The second-order valence-corrected chi connectivity index (χ2v) is 8.26. The summed E-state index contributed by atoms with van der Waals surface area (Å²) in [5.74, 6) is 0. The van der Waals surface area contributed by atoms with E-state index in [1.165, 1.54) is 24.8 Å². The highest BCUT2D eigenvalue weighted by Crippen LogP contribution is 2.25. The Bertz CT molecular complexity index is 518. The number of ether oxygens (including phenoxy) is 1. The van der Waals surface area contributed by atoms with Gasteiger partial charge in [0.2, 0.25) is 0 Å². The molecule has 0 saturated heterocycles. The fourth-order valence-corrected chi connectivity index (χ4v) is 3.52. The first-order valence-electron chi connectivity index (χ1n) is 8.59. The number of nitrogens with zero attached hydrogens (tertiary/aromatic N) is 1. The number of hydrogen-bond donors (Lipinski definition) is 0. The highest BCUT2D eigenvalue weighted by atomic mass is 79.9. The van der Waals surface area contributed by atoms with E-state index in [0.717, 1.165) is 30.3 Å². The molecule has 1 aromatic rings. The van der Waals surface area contributed by atoms with E-state index < -0.39 is 5.60 Å². The maximum atomic E-state index is 12.6. The van der Waals surface area contributed by atoms with Gasteiger partial charge in [-0.2, -0.15) is 0 Å². The molecule has 1 saturated carbocycles. The van der Waals surface area contributed by atoms with Gasteiger partial charge in [-0.15, -0.1) is 0 Å². The average Bonchev–Trinajstić information content (AvgIpc) is 2.47. The summed E-state index contributed by atoms with van der Waals surface area (Å²) in [7, 11) is 0. The van der Waals surface area contributed by atoms with Crippen LogP contribution in [0.5, 0.6) is 0 Å². The monoisotopic (exact) mass is 381 g/mol. The molecule has 0 N–H and O–H groups in total. The van der Waals surface area contributed by atoms with E-state index in [1.807, 2.05) is 37.8 Å². The molecule has 4 heteroatoms. The molecule has 3 nitrogen and oxygen atoms in total. The number of carbonyl (C=O) groups is 1. The molecule has 2 rings (SSSR count). The smallest absolute Gasteiger partial charge is 0.410 e. The van der Waals surface area contributed by atoms with Gasteiger partial charge < -0.3 is 9.64 Å². The van der Waals surface area contributed by atoms with Crippen LogP contribution in [-0.4, -0.2) is 29.2 Å². The molecule has 1 aliphatic carbocycles. The standard InChI is InChI=1S/C19H28BrNO2/c1-19(2,3)23-18(22)21(17-10-5-4-6-11-17)13-12-15-8-7-9-16(20)14-15/h7-9,14,17H,4-6,10-13H2,1-3H3. The number of carbonyl (C=O) groups excluding carboxylic acids is 1. The van der Waals surface area contributed by atoms with Crippen molar-refractivity contribution in [1.29, 1.82) is 0 Å². The zero-order valence-electron chi connectivity index (χ0n) is 14.5. The van der Waals surface area contributed by atoms with Crippen LogP contribution in [0.15, 0.2) is 28.7 Å². The topological polar surface area (TPSA) is 29.5 Å². The maximum absolute atomic E-state index is 12.6. The van der Waals surface area contributed by atoms with Crippen molar-refractivity contribution >= 4 is 22.0 Å². The van der Waals surface area contributed by atoms with Crippen LogP contribution in [0.2, 0.25) is 0 Å². The third kappa shape index (κ3) is 6.17. The molecule has 0 unspecified atom stereocenters. The highest BCUT2D eigenvalue weighted by molar-refractivity contribution is 9.10. The van der Waals surface area contributed by atoms with Crippen LogP contribution in [0.4, 0.5) is 4.79 Å². The van der Waals surface area contributed by atoms with E-state index in [0.29, 0.717) is 6.04 Å². The van der Waals surface area contributed by atoms with Crippen LogP contribution in [-0.2, 0) is 11.2 Å². The number of halogens is 1. The van der Waals surface area contributed by atoms with Crippen LogP contribution >= 0.6 is 15.9 Å². The Morgan fingerprint density at radius 2 is 1.96 bits per heavy atom. The Labute approximate surface area is 148 Å². The average molecular weight is 382 g/mol. The van der Waals surface area contributed by atoms with Gasteiger partial charge in [0.1, 0.15) is 5.60 Å². The third-order valence-electron chi connectivity index (χ3n) is 4.17. The first-order valence-corrected chi connectivity index (χ1v) is 9.38. The maximum Gasteiger partial charge on any atom is 0.410 e. The van der Waals surface area contributed by atoms with Crippen molar-refractivity contribution in [3.63, 3.8) is 0 Å². The minimum absolute atomic E-state index is 0.167. The summed E-state index contributed by atoms with van der Waals surface area (Å²) < 4.78 is 6.72. The molecule has 23 heavy (non-hydrogen) atoms. The van der Waals surface area contributed by atoms with Crippen LogP contribution in [0, 0.1) is 0 Å². The number of rotatable bonds is 4. The first-order chi connectivity index (χ1) is 10.8. The molecule has 128 valence electrons. The van der Waals surface area contributed by atoms with Crippen LogP contribution in [0.25, 0.3) is 0 Å². The zero-order valence-corrected chi connectivity index (χ0v) is 16.1. The second kappa shape index (κ2) is 8.18. The van der Waals surface area contributed by atoms with Crippen molar-refractivity contribution in [2.24, 2.45) is 0 Å². The quantitative estimate of drug-likeness (QED) is 0.682. The van der Waals surface area contributed by atoms with Gasteiger partial charge in [0, 0.05) is 17.1 Å². The lowest BCUT2D eigenvalue weighted by Crippen LogP contribution is -2.45. The Kier molecular flexibility index (Phi) is 6.51. The molecule has 0 radical (unpaired) electrons. The van der Waals surface area contributed by atoms with Crippen LogP contribution in [0.3, 0.4) is 0 Å². The van der Waals surface area contributed by atoms with E-state index in [-0.39, 0.29) is 6.09 Å². The minimum Gasteiger partial charge on any atom is -0.444 e. The van der Waals surface area contributed by atoms with E-state index in [1.54, 1.807) is 0 Å². The molecule has 1 amide bonds. The Morgan fingerprint density at radius 1 is 1.26 bits per heavy atom. The molecule has 0 spiro atoms. The Balaban J connectivity index is 2.04. The van der Waals surface area contributed by atoms with E-state index in [2.05, 4.69) is 28.1 Å². The van der Waals surface area contributed by atoms with Crippen LogP contribution in [0.1, 0.15) is 58.4 Å². The number of benzene rings is 1. The molecular weight excluding hydrogens is 354 g/mol. The second-order valence-electron chi connectivity index (χ2n) is 7.35. The predicted octanol–water partition coefficient (Wildman–Crippen LogP) is 5.56. The van der Waals surface area contributed by atoms with E-state index >= 15 is 0 Å². The van der Waals surface area contributed by atoms with Gasteiger partial charge in [-0.05, 0) is 57.7 Å². The minimum atomic E-state index is -0.445. The first kappa shape index (κ1) is 18.3. The van der Waals surface area contributed by atoms with Gasteiger partial charge in [0.25, 0.3) is 0 Å². The highest BCUT2D eigenvalue weighted by Gasteiger charge is 2.29. The van der Waals surface area contributed by atoms with Crippen molar-refractivity contribution in [1.82, 2.24) is 4.90 Å². The predicted molar refractivity (Wildman–Crippen MR) is 97.7 cm³/mol. The molecular formula is C19H28BrNO2. The lowest BCUT2D eigenvalue weighted by Gasteiger charge is -2.35. The fourth-order valence-electron chi connectivity index (χ4n) is 3.08. The Morgan fingerprint density at radius 3 is 2.57 bits per heavy atom. The van der Waals surface area contributed by atoms with Gasteiger partial charge in [0.15, 0.2) is 0 Å². The molecule has 1 fully saturated rings. The summed E-state index contributed by atoms with van der Waals surface area (Å²) in [5, 5.41) is 0. The molecule has 0 bridgehead atoms. The van der Waals surface area contributed by atoms with E-state index in [4.69, 9.17) is 4.74 Å². The third-order valence-corrected chi connectivity index (χ3v) is 4.67. The number of hydrogen-bond acceptors (Lipinski definition) is 2. The van der Waals surface area contributed by atoms with Gasteiger partial charge in [-0.25, -0.2) is 4.79 Å². The van der Waals surface area contributed by atoms with Gasteiger partial charge >= 0.3 is 6.09 Å². The summed E-state index contributed by atoms with van der Waals surface area (Å²) in [6, 6.07) is 8.62. The summed E-state index contributed by atoms with van der Waals surface area (Å²) in [6.45, 7) is 6.50. The molecule has 0 heterocycles. The van der Waals surface area contributed by atoms with Crippen molar-refractivity contribution in [2.75, 3.05) is 6.54 Å². The van der Waals surface area contributed by atoms with Gasteiger partial charge in [-0.3, -0.25) is 0 Å². The van der Waals surface area contributed by atoms with Crippen LogP contribution < -0.4 is 0 Å². The summed E-state index contributed by atoms with van der Waals surface area (Å²) in [6.07, 6.45) is 6.58. The molecule has 0 atom stereocenters. The molecule has 0 aromatic heterocycles. The summed E-state index contributed by atoms with van der Waals surface area (Å²) >= 11 is 3.51. The van der Waals surface area contributed by atoms with Gasteiger partial charge in [0.05, 0.1) is 0 Å².